The molecule has 0 saturated carbocycles. The second kappa shape index (κ2) is 12.2. The van der Waals surface area contributed by atoms with E-state index in [0.29, 0.717) is 57.1 Å². The molecule has 3 rings (SSSR count). The van der Waals surface area contributed by atoms with E-state index in [-0.39, 0.29) is 11.5 Å². The van der Waals surface area contributed by atoms with E-state index >= 15 is 0 Å². The first-order valence-electron chi connectivity index (χ1n) is 11.4. The SMILES string of the molecule is C=C/C=C\C=C(/C)Oc1ccc2cc(CN3CCNC(=O)CC3)c(=O)n(CCOCC)c2c1. The molecule has 1 N–H and O–H groups in total. The van der Waals surface area contributed by atoms with Crippen LogP contribution in [0.15, 0.2) is 65.7 Å². The van der Waals surface area contributed by atoms with Crippen molar-refractivity contribution in [1.29, 1.82) is 0 Å². The molecule has 0 radical (unpaired) electrons. The lowest BCUT2D eigenvalue weighted by Crippen LogP contribution is -2.33. The van der Waals surface area contributed by atoms with Crippen LogP contribution in [0.5, 0.6) is 5.75 Å². The summed E-state index contributed by atoms with van der Waals surface area (Å²) >= 11 is 0. The first-order valence-corrected chi connectivity index (χ1v) is 11.4. The van der Waals surface area contributed by atoms with E-state index < -0.39 is 0 Å². The minimum atomic E-state index is -0.0379. The number of hydrogen-bond donors (Lipinski definition) is 1. The van der Waals surface area contributed by atoms with E-state index in [0.717, 1.165) is 23.2 Å². The number of benzene rings is 1. The number of allylic oxidation sites excluding steroid dienone is 5. The maximum absolute atomic E-state index is 13.4. The van der Waals surface area contributed by atoms with Crippen LogP contribution in [-0.4, -0.2) is 48.2 Å². The molecular weight excluding hydrogens is 418 g/mol. The monoisotopic (exact) mass is 451 g/mol. The van der Waals surface area contributed by atoms with Gasteiger partial charge in [0.1, 0.15) is 11.5 Å². The number of nitrogens with zero attached hydrogens (tertiary/aromatic N) is 2. The Morgan fingerprint density at radius 3 is 2.85 bits per heavy atom. The minimum absolute atomic E-state index is 0.0379. The highest BCUT2D eigenvalue weighted by molar-refractivity contribution is 5.81. The minimum Gasteiger partial charge on any atom is -0.462 e. The third-order valence-electron chi connectivity index (χ3n) is 5.46. The van der Waals surface area contributed by atoms with Crippen LogP contribution in [0.2, 0.25) is 0 Å². The summed E-state index contributed by atoms with van der Waals surface area (Å²) in [6.45, 7) is 11.4. The van der Waals surface area contributed by atoms with E-state index in [4.69, 9.17) is 9.47 Å². The smallest absolute Gasteiger partial charge is 0.255 e. The van der Waals surface area contributed by atoms with Gasteiger partial charge < -0.3 is 19.4 Å². The van der Waals surface area contributed by atoms with Crippen molar-refractivity contribution < 1.29 is 14.3 Å². The molecule has 7 heteroatoms. The Hall–Kier alpha value is -3.16. The Bertz CT molecular complexity index is 1100. The number of hydrogen-bond acceptors (Lipinski definition) is 5. The summed E-state index contributed by atoms with van der Waals surface area (Å²) in [6.07, 6.45) is 7.70. The van der Waals surface area contributed by atoms with Gasteiger partial charge in [-0.3, -0.25) is 14.5 Å². The molecule has 7 nitrogen and oxygen atoms in total. The van der Waals surface area contributed by atoms with Crippen LogP contribution in [0.3, 0.4) is 0 Å². The highest BCUT2D eigenvalue weighted by Crippen LogP contribution is 2.23. The van der Waals surface area contributed by atoms with Gasteiger partial charge >= 0.3 is 0 Å². The van der Waals surface area contributed by atoms with Gasteiger partial charge in [0.05, 0.1) is 12.1 Å². The van der Waals surface area contributed by atoms with Crippen LogP contribution >= 0.6 is 0 Å². The van der Waals surface area contributed by atoms with Crippen molar-refractivity contribution in [1.82, 2.24) is 14.8 Å². The van der Waals surface area contributed by atoms with Gasteiger partial charge in [-0.2, -0.15) is 0 Å². The summed E-state index contributed by atoms with van der Waals surface area (Å²) in [6, 6.07) is 7.74. The Labute approximate surface area is 195 Å². The Morgan fingerprint density at radius 1 is 1.21 bits per heavy atom. The standard InChI is InChI=1S/C26H33N3O4/c1-4-6-7-8-20(3)33-23-10-9-21-17-22(19-28-13-11-25(30)27-12-14-28)26(31)29(24(21)18-23)15-16-32-5-2/h4,6-10,17-18H,1,5,11-16,19H2,2-3H3,(H,27,30)/b7-6-,20-8+. The van der Waals surface area contributed by atoms with Crippen molar-refractivity contribution in [3.8, 4) is 5.75 Å². The largest absolute Gasteiger partial charge is 0.462 e. The first kappa shape index (κ1) is 24.5. The van der Waals surface area contributed by atoms with Gasteiger partial charge in [-0.1, -0.05) is 24.8 Å². The Morgan fingerprint density at radius 2 is 2.06 bits per heavy atom. The topological polar surface area (TPSA) is 72.8 Å². The molecule has 1 saturated heterocycles. The predicted octanol–water partition coefficient (Wildman–Crippen LogP) is 3.38. The lowest BCUT2D eigenvalue weighted by Gasteiger charge is -2.20. The highest BCUT2D eigenvalue weighted by Gasteiger charge is 2.17. The molecule has 1 aromatic carbocycles. The van der Waals surface area contributed by atoms with Gasteiger partial charge in [0.2, 0.25) is 5.91 Å². The summed E-state index contributed by atoms with van der Waals surface area (Å²) in [5.74, 6) is 1.45. The fourth-order valence-corrected chi connectivity index (χ4v) is 3.81. The second-order valence-electron chi connectivity index (χ2n) is 7.92. The molecule has 2 aromatic rings. The van der Waals surface area contributed by atoms with E-state index in [1.165, 1.54) is 0 Å². The van der Waals surface area contributed by atoms with Crippen LogP contribution in [0, 0.1) is 0 Å². The summed E-state index contributed by atoms with van der Waals surface area (Å²) < 4.78 is 13.3. The van der Waals surface area contributed by atoms with Gasteiger partial charge in [0.15, 0.2) is 0 Å². The van der Waals surface area contributed by atoms with Crippen molar-refractivity contribution in [2.24, 2.45) is 0 Å². The molecule has 2 heterocycles. The van der Waals surface area contributed by atoms with Crippen molar-refractivity contribution >= 4 is 16.8 Å². The summed E-state index contributed by atoms with van der Waals surface area (Å²) in [5.41, 5.74) is 1.49. The van der Waals surface area contributed by atoms with E-state index in [1.54, 1.807) is 10.6 Å². The van der Waals surface area contributed by atoms with Gasteiger partial charge in [-0.25, -0.2) is 0 Å². The number of ether oxygens (including phenoxy) is 2. The molecule has 1 amide bonds. The Balaban J connectivity index is 1.94. The molecule has 1 fully saturated rings. The average Bonchev–Trinajstić information content (AvgIpc) is 3.00. The van der Waals surface area contributed by atoms with E-state index in [9.17, 15) is 9.59 Å². The molecule has 0 aliphatic carbocycles. The second-order valence-corrected chi connectivity index (χ2v) is 7.92. The number of fused-ring (bicyclic) bond motifs is 1. The number of nitrogens with one attached hydrogen (secondary N) is 1. The number of amides is 1. The molecule has 0 unspecified atom stereocenters. The number of carbonyl (C=O) groups is 1. The highest BCUT2D eigenvalue weighted by atomic mass is 16.5. The zero-order valence-corrected chi connectivity index (χ0v) is 19.5. The average molecular weight is 452 g/mol. The van der Waals surface area contributed by atoms with Gasteiger partial charge in [-0.05, 0) is 43.5 Å². The zero-order chi connectivity index (χ0) is 23.6. The van der Waals surface area contributed by atoms with Crippen molar-refractivity contribution in [3.63, 3.8) is 0 Å². The predicted molar refractivity (Wildman–Crippen MR) is 131 cm³/mol. The van der Waals surface area contributed by atoms with E-state index in [2.05, 4.69) is 16.8 Å². The van der Waals surface area contributed by atoms with Crippen molar-refractivity contribution in [2.45, 2.75) is 33.4 Å². The number of rotatable bonds is 10. The maximum atomic E-state index is 13.4. The quantitative estimate of drug-likeness (QED) is 0.341. The van der Waals surface area contributed by atoms with Gasteiger partial charge in [0, 0.05) is 57.4 Å². The number of aromatic nitrogens is 1. The summed E-state index contributed by atoms with van der Waals surface area (Å²) in [5, 5.41) is 3.84. The zero-order valence-electron chi connectivity index (χ0n) is 19.5. The van der Waals surface area contributed by atoms with Crippen LogP contribution in [0.4, 0.5) is 0 Å². The fourth-order valence-electron chi connectivity index (χ4n) is 3.81. The van der Waals surface area contributed by atoms with Crippen LogP contribution in [-0.2, 0) is 22.6 Å². The molecular formula is C26H33N3O4. The normalized spacial score (nSPS) is 15.6. The molecule has 1 aliphatic rings. The molecule has 33 heavy (non-hydrogen) atoms. The number of carbonyl (C=O) groups excluding carboxylic acids is 1. The van der Waals surface area contributed by atoms with Crippen molar-refractivity contribution in [3.05, 3.63) is 76.8 Å². The van der Waals surface area contributed by atoms with Crippen LogP contribution in [0.25, 0.3) is 10.9 Å². The Kier molecular flexibility index (Phi) is 9.04. The van der Waals surface area contributed by atoms with Crippen LogP contribution in [0.1, 0.15) is 25.8 Å². The fraction of sp³-hybridized carbons (Fsp3) is 0.385. The molecule has 0 bridgehead atoms. The maximum Gasteiger partial charge on any atom is 0.255 e. The molecule has 1 aliphatic heterocycles. The lowest BCUT2D eigenvalue weighted by atomic mass is 10.1. The third-order valence-corrected chi connectivity index (χ3v) is 5.46. The first-order chi connectivity index (χ1) is 16.0. The lowest BCUT2D eigenvalue weighted by molar-refractivity contribution is -0.120. The molecule has 176 valence electrons. The molecule has 0 atom stereocenters. The van der Waals surface area contributed by atoms with Crippen LogP contribution < -0.4 is 15.6 Å². The molecule has 1 aromatic heterocycles. The molecule has 0 spiro atoms. The van der Waals surface area contributed by atoms with Crippen molar-refractivity contribution in [2.75, 3.05) is 32.8 Å². The summed E-state index contributed by atoms with van der Waals surface area (Å²) in [7, 11) is 0. The van der Waals surface area contributed by atoms with Gasteiger partial charge in [0.25, 0.3) is 5.56 Å². The summed E-state index contributed by atoms with van der Waals surface area (Å²) in [4.78, 5) is 27.2. The number of pyridine rings is 1. The van der Waals surface area contributed by atoms with E-state index in [1.807, 2.05) is 56.3 Å². The van der Waals surface area contributed by atoms with Gasteiger partial charge in [-0.15, -0.1) is 0 Å². The third kappa shape index (κ3) is 6.91.